The van der Waals surface area contributed by atoms with Gasteiger partial charge in [0.05, 0.1) is 5.70 Å². The van der Waals surface area contributed by atoms with E-state index in [1.807, 2.05) is 30.3 Å². The maximum atomic E-state index is 5.74. The van der Waals surface area contributed by atoms with Crippen LogP contribution in [0.4, 0.5) is 0 Å². The predicted octanol–water partition coefficient (Wildman–Crippen LogP) is 2.82. The number of rotatable bonds is 1. The highest BCUT2D eigenvalue weighted by molar-refractivity contribution is 9.10. The molecular weight excluding hydrogens is 252 g/mol. The lowest BCUT2D eigenvalue weighted by Crippen LogP contribution is -1.99. The van der Waals surface area contributed by atoms with Crippen LogP contribution in [0.5, 0.6) is 0 Å². The fourth-order valence-corrected chi connectivity index (χ4v) is 1.87. The molecule has 2 rings (SSSR count). The lowest BCUT2D eigenvalue weighted by molar-refractivity contribution is 1.48. The second kappa shape index (κ2) is 3.95. The van der Waals surface area contributed by atoms with Gasteiger partial charge in [-0.15, -0.1) is 0 Å². The van der Waals surface area contributed by atoms with Crippen molar-refractivity contribution < 1.29 is 0 Å². The highest BCUT2D eigenvalue weighted by Crippen LogP contribution is 2.22. The van der Waals surface area contributed by atoms with Crippen molar-refractivity contribution in [1.82, 2.24) is 0 Å². The second-order valence-electron chi connectivity index (χ2n) is 3.33. The van der Waals surface area contributed by atoms with Crippen molar-refractivity contribution >= 4 is 32.4 Å². The molecule has 0 heterocycles. The largest absolute Gasteiger partial charge is 0.403 e. The summed E-state index contributed by atoms with van der Waals surface area (Å²) in [7, 11) is 0. The summed E-state index contributed by atoms with van der Waals surface area (Å²) in [4.78, 5) is 0. The number of halogens is 1. The van der Waals surface area contributed by atoms with Crippen LogP contribution in [0.3, 0.4) is 0 Å². The van der Waals surface area contributed by atoms with E-state index in [1.54, 1.807) is 0 Å². The molecule has 0 aliphatic rings. The number of hydrogen-bond donors (Lipinski definition) is 2. The third kappa shape index (κ3) is 1.97. The predicted molar refractivity (Wildman–Crippen MR) is 68.0 cm³/mol. The molecule has 0 saturated heterocycles. The van der Waals surface area contributed by atoms with E-state index in [1.165, 1.54) is 11.6 Å². The van der Waals surface area contributed by atoms with Crippen molar-refractivity contribution in [3.63, 3.8) is 0 Å². The van der Waals surface area contributed by atoms with Crippen molar-refractivity contribution in [1.29, 1.82) is 0 Å². The Bertz CT molecular complexity index is 532. The van der Waals surface area contributed by atoms with Crippen LogP contribution in [0.25, 0.3) is 16.5 Å². The van der Waals surface area contributed by atoms with Gasteiger partial charge in [0.1, 0.15) is 0 Å². The molecule has 0 unspecified atom stereocenters. The highest BCUT2D eigenvalue weighted by Gasteiger charge is 1.99. The molecule has 0 aliphatic heterocycles. The summed E-state index contributed by atoms with van der Waals surface area (Å²) in [5, 5.41) is 2.33. The third-order valence-corrected chi connectivity index (χ3v) is 2.81. The van der Waals surface area contributed by atoms with Crippen LogP contribution < -0.4 is 11.5 Å². The summed E-state index contributed by atoms with van der Waals surface area (Å²) >= 11 is 3.44. The van der Waals surface area contributed by atoms with Crippen LogP contribution in [-0.2, 0) is 0 Å². The molecule has 0 amide bonds. The zero-order chi connectivity index (χ0) is 10.8. The Morgan fingerprint density at radius 3 is 2.47 bits per heavy atom. The summed E-state index contributed by atoms with van der Waals surface area (Å²) in [6, 6.07) is 12.2. The monoisotopic (exact) mass is 262 g/mol. The molecule has 0 atom stereocenters. The maximum Gasteiger partial charge on any atom is 0.0545 e. The van der Waals surface area contributed by atoms with Crippen molar-refractivity contribution in [3.8, 4) is 0 Å². The summed E-state index contributed by atoms with van der Waals surface area (Å²) in [6.07, 6.45) is 1.42. The summed E-state index contributed by atoms with van der Waals surface area (Å²) in [6.45, 7) is 0. The SMILES string of the molecule is N/C=C(\N)c1ccc2cc(Br)ccc2c1. The van der Waals surface area contributed by atoms with Crippen LogP contribution >= 0.6 is 15.9 Å². The Balaban J connectivity index is 2.62. The van der Waals surface area contributed by atoms with Gasteiger partial charge in [-0.3, -0.25) is 0 Å². The molecule has 0 saturated carbocycles. The van der Waals surface area contributed by atoms with E-state index in [-0.39, 0.29) is 0 Å². The Labute approximate surface area is 96.7 Å². The third-order valence-electron chi connectivity index (χ3n) is 2.32. The average Bonchev–Trinajstić information content (AvgIpc) is 2.27. The first-order valence-corrected chi connectivity index (χ1v) is 5.37. The van der Waals surface area contributed by atoms with E-state index in [0.717, 1.165) is 15.4 Å². The molecule has 2 aromatic carbocycles. The first-order chi connectivity index (χ1) is 7.20. The van der Waals surface area contributed by atoms with Gasteiger partial charge in [0.15, 0.2) is 0 Å². The Hall–Kier alpha value is -1.48. The minimum atomic E-state index is 0.597. The molecule has 0 spiro atoms. The van der Waals surface area contributed by atoms with Gasteiger partial charge in [-0.05, 0) is 34.5 Å². The maximum absolute atomic E-state index is 5.74. The number of nitrogens with two attached hydrogens (primary N) is 2. The molecule has 15 heavy (non-hydrogen) atoms. The van der Waals surface area contributed by atoms with Gasteiger partial charge in [0, 0.05) is 10.7 Å². The van der Waals surface area contributed by atoms with Gasteiger partial charge >= 0.3 is 0 Å². The van der Waals surface area contributed by atoms with Gasteiger partial charge in [-0.1, -0.05) is 34.1 Å². The minimum absolute atomic E-state index is 0.597. The van der Waals surface area contributed by atoms with Gasteiger partial charge < -0.3 is 11.5 Å². The van der Waals surface area contributed by atoms with Gasteiger partial charge in [-0.2, -0.15) is 0 Å². The van der Waals surface area contributed by atoms with Crippen molar-refractivity contribution in [2.24, 2.45) is 11.5 Å². The fraction of sp³-hybridized carbons (Fsp3) is 0. The minimum Gasteiger partial charge on any atom is -0.403 e. The molecule has 2 aromatic rings. The lowest BCUT2D eigenvalue weighted by atomic mass is 10.1. The first kappa shape index (κ1) is 10.1. The Morgan fingerprint density at radius 1 is 1.07 bits per heavy atom. The van der Waals surface area contributed by atoms with Crippen molar-refractivity contribution in [2.75, 3.05) is 0 Å². The molecule has 0 radical (unpaired) electrons. The summed E-state index contributed by atoms with van der Waals surface area (Å²) in [5.41, 5.74) is 12.7. The lowest BCUT2D eigenvalue weighted by Gasteiger charge is -2.03. The summed E-state index contributed by atoms with van der Waals surface area (Å²) < 4.78 is 1.07. The van der Waals surface area contributed by atoms with E-state index in [0.29, 0.717) is 5.70 Å². The van der Waals surface area contributed by atoms with Crippen LogP contribution in [0.2, 0.25) is 0 Å². The normalized spacial score (nSPS) is 11.9. The van der Waals surface area contributed by atoms with Crippen LogP contribution in [-0.4, -0.2) is 0 Å². The standard InChI is InChI=1S/C12H11BrN2/c13-11-4-3-8-5-10(12(15)7-14)2-1-9(8)6-11/h1-7H,14-15H2/b12-7-. The van der Waals surface area contributed by atoms with E-state index >= 15 is 0 Å². The molecule has 0 bridgehead atoms. The molecule has 0 aliphatic carbocycles. The van der Waals surface area contributed by atoms with E-state index in [2.05, 4.69) is 22.0 Å². The van der Waals surface area contributed by atoms with Crippen LogP contribution in [0.15, 0.2) is 47.1 Å². The number of benzene rings is 2. The summed E-state index contributed by atoms with van der Waals surface area (Å²) in [5.74, 6) is 0. The zero-order valence-electron chi connectivity index (χ0n) is 8.07. The molecular formula is C12H11BrN2. The smallest absolute Gasteiger partial charge is 0.0545 e. The topological polar surface area (TPSA) is 52.0 Å². The first-order valence-electron chi connectivity index (χ1n) is 4.58. The van der Waals surface area contributed by atoms with Crippen molar-refractivity contribution in [3.05, 3.63) is 52.6 Å². The van der Waals surface area contributed by atoms with E-state index < -0.39 is 0 Å². The van der Waals surface area contributed by atoms with Gasteiger partial charge in [-0.25, -0.2) is 0 Å². The molecule has 76 valence electrons. The second-order valence-corrected chi connectivity index (χ2v) is 4.24. The van der Waals surface area contributed by atoms with Crippen LogP contribution in [0, 0.1) is 0 Å². The quantitative estimate of drug-likeness (QED) is 0.831. The molecule has 4 N–H and O–H groups in total. The Morgan fingerprint density at radius 2 is 1.73 bits per heavy atom. The van der Waals surface area contributed by atoms with E-state index in [4.69, 9.17) is 11.5 Å². The number of fused-ring (bicyclic) bond motifs is 1. The van der Waals surface area contributed by atoms with Gasteiger partial charge in [0.2, 0.25) is 0 Å². The Kier molecular flexibility index (Phi) is 2.64. The average molecular weight is 263 g/mol. The molecule has 0 aromatic heterocycles. The molecule has 3 heteroatoms. The number of hydrogen-bond acceptors (Lipinski definition) is 2. The highest BCUT2D eigenvalue weighted by atomic mass is 79.9. The van der Waals surface area contributed by atoms with Crippen LogP contribution in [0.1, 0.15) is 5.56 Å². The van der Waals surface area contributed by atoms with Crippen molar-refractivity contribution in [2.45, 2.75) is 0 Å². The van der Waals surface area contributed by atoms with Gasteiger partial charge in [0.25, 0.3) is 0 Å². The molecule has 0 fully saturated rings. The zero-order valence-corrected chi connectivity index (χ0v) is 9.66. The fourth-order valence-electron chi connectivity index (χ4n) is 1.49. The van der Waals surface area contributed by atoms with E-state index in [9.17, 15) is 0 Å². The molecule has 2 nitrogen and oxygen atoms in total.